The largest absolute Gasteiger partial charge is 0.315 e. The number of nitrogens with zero attached hydrogens (tertiary/aromatic N) is 1. The van der Waals surface area contributed by atoms with E-state index >= 15 is 0 Å². The maximum Gasteiger partial charge on any atom is 0.0704 e. The Labute approximate surface area is 103 Å². The van der Waals surface area contributed by atoms with Crippen LogP contribution in [0.5, 0.6) is 0 Å². The molecule has 2 nitrogen and oxygen atoms in total. The molecule has 1 N–H and O–H groups in total. The molecule has 0 aliphatic heterocycles. The third-order valence-corrected chi connectivity index (χ3v) is 3.14. The minimum atomic E-state index is 0.576. The molecule has 2 heteroatoms. The van der Waals surface area contributed by atoms with Crippen molar-refractivity contribution in [3.05, 3.63) is 42.1 Å². The molecular formula is C15H20N2. The van der Waals surface area contributed by atoms with Crippen LogP contribution in [0.25, 0.3) is 10.9 Å². The lowest BCUT2D eigenvalue weighted by atomic mass is 10.0. The van der Waals surface area contributed by atoms with Crippen molar-refractivity contribution in [2.75, 3.05) is 6.54 Å². The summed E-state index contributed by atoms with van der Waals surface area (Å²) in [5, 5.41) is 4.74. The van der Waals surface area contributed by atoms with E-state index in [0.29, 0.717) is 6.04 Å². The van der Waals surface area contributed by atoms with Gasteiger partial charge in [-0.25, -0.2) is 0 Å². The van der Waals surface area contributed by atoms with Crippen LogP contribution < -0.4 is 5.32 Å². The smallest absolute Gasteiger partial charge is 0.0704 e. The fraction of sp³-hybridized carbons (Fsp3) is 0.400. The minimum Gasteiger partial charge on any atom is -0.315 e. The fourth-order valence-electron chi connectivity index (χ4n) is 2.21. The molecule has 1 heterocycles. The molecule has 17 heavy (non-hydrogen) atoms. The molecule has 1 aromatic carbocycles. The Morgan fingerprint density at radius 3 is 2.94 bits per heavy atom. The Balaban J connectivity index is 2.13. The molecule has 0 aliphatic rings. The summed E-state index contributed by atoms with van der Waals surface area (Å²) in [5.74, 6) is 0. The average molecular weight is 228 g/mol. The van der Waals surface area contributed by atoms with E-state index in [-0.39, 0.29) is 0 Å². The van der Waals surface area contributed by atoms with Gasteiger partial charge >= 0.3 is 0 Å². The first-order valence-corrected chi connectivity index (χ1v) is 6.37. The molecule has 1 atom stereocenters. The highest BCUT2D eigenvalue weighted by Crippen LogP contribution is 2.18. The zero-order chi connectivity index (χ0) is 12.1. The van der Waals surface area contributed by atoms with Crippen LogP contribution >= 0.6 is 0 Å². The van der Waals surface area contributed by atoms with Gasteiger partial charge in [-0.3, -0.25) is 4.98 Å². The number of pyridine rings is 1. The number of benzene rings is 1. The number of aromatic nitrogens is 1. The molecule has 1 unspecified atom stereocenters. The van der Waals surface area contributed by atoms with E-state index in [1.54, 1.807) is 0 Å². The lowest BCUT2D eigenvalue weighted by molar-refractivity contribution is 0.531. The van der Waals surface area contributed by atoms with E-state index in [1.165, 1.54) is 17.4 Å². The third-order valence-electron chi connectivity index (χ3n) is 3.14. The van der Waals surface area contributed by atoms with E-state index in [2.05, 4.69) is 48.4 Å². The highest BCUT2D eigenvalue weighted by atomic mass is 14.9. The van der Waals surface area contributed by atoms with Crippen molar-refractivity contribution < 1.29 is 0 Å². The fourth-order valence-corrected chi connectivity index (χ4v) is 2.21. The van der Waals surface area contributed by atoms with Crippen molar-refractivity contribution in [1.29, 1.82) is 0 Å². The van der Waals surface area contributed by atoms with Crippen molar-refractivity contribution in [3.8, 4) is 0 Å². The molecule has 0 saturated heterocycles. The van der Waals surface area contributed by atoms with Gasteiger partial charge in [-0.1, -0.05) is 25.1 Å². The second kappa shape index (κ2) is 5.78. The zero-order valence-electron chi connectivity index (χ0n) is 10.6. The number of aryl methyl sites for hydroxylation is 1. The van der Waals surface area contributed by atoms with E-state index in [4.69, 9.17) is 0 Å². The molecular weight excluding hydrogens is 208 g/mol. The summed E-state index contributed by atoms with van der Waals surface area (Å²) < 4.78 is 0. The van der Waals surface area contributed by atoms with Crippen molar-refractivity contribution in [1.82, 2.24) is 10.3 Å². The highest BCUT2D eigenvalue weighted by molar-refractivity contribution is 5.81. The number of hydrogen-bond donors (Lipinski definition) is 1. The third kappa shape index (κ3) is 3.04. The Hall–Kier alpha value is -1.41. The normalized spacial score (nSPS) is 12.8. The van der Waals surface area contributed by atoms with Crippen LogP contribution in [-0.2, 0) is 6.42 Å². The lowest BCUT2D eigenvalue weighted by Gasteiger charge is -2.12. The lowest BCUT2D eigenvalue weighted by Crippen LogP contribution is -2.25. The summed E-state index contributed by atoms with van der Waals surface area (Å²) in [6, 6.07) is 11.1. The second-order valence-electron chi connectivity index (χ2n) is 4.48. The first kappa shape index (κ1) is 12.1. The molecule has 90 valence electrons. The summed E-state index contributed by atoms with van der Waals surface area (Å²) in [7, 11) is 0. The number of hydrogen-bond acceptors (Lipinski definition) is 2. The maximum atomic E-state index is 4.39. The van der Waals surface area contributed by atoms with Crippen molar-refractivity contribution >= 4 is 10.9 Å². The summed E-state index contributed by atoms with van der Waals surface area (Å²) in [4.78, 5) is 4.39. The Kier molecular flexibility index (Phi) is 4.10. The minimum absolute atomic E-state index is 0.576. The number of fused-ring (bicyclic) bond motifs is 1. The van der Waals surface area contributed by atoms with Gasteiger partial charge in [0.1, 0.15) is 0 Å². The van der Waals surface area contributed by atoms with Gasteiger partial charge in [0.15, 0.2) is 0 Å². The number of rotatable bonds is 5. The Morgan fingerprint density at radius 1 is 1.24 bits per heavy atom. The predicted octanol–water partition coefficient (Wildman–Crippen LogP) is 3.17. The highest BCUT2D eigenvalue weighted by Gasteiger charge is 2.04. The quantitative estimate of drug-likeness (QED) is 0.850. The molecule has 0 amide bonds. The van der Waals surface area contributed by atoms with Gasteiger partial charge in [0.05, 0.1) is 5.52 Å². The summed E-state index contributed by atoms with van der Waals surface area (Å²) in [6.07, 6.45) is 4.13. The standard InChI is InChI=1S/C15H20N2/c1-3-16-12(2)9-10-13-6-4-8-15-14(13)7-5-11-17-15/h4-8,11-12,16H,3,9-10H2,1-2H3. The Bertz CT molecular complexity index is 474. The van der Waals surface area contributed by atoms with Gasteiger partial charge in [-0.05, 0) is 44.0 Å². The van der Waals surface area contributed by atoms with Crippen LogP contribution in [0.4, 0.5) is 0 Å². The molecule has 0 bridgehead atoms. The van der Waals surface area contributed by atoms with Crippen LogP contribution in [0, 0.1) is 0 Å². The van der Waals surface area contributed by atoms with Crippen LogP contribution in [0.2, 0.25) is 0 Å². The molecule has 0 aliphatic carbocycles. The first-order chi connectivity index (χ1) is 8.31. The van der Waals surface area contributed by atoms with Crippen LogP contribution in [-0.4, -0.2) is 17.6 Å². The van der Waals surface area contributed by atoms with E-state index in [9.17, 15) is 0 Å². The number of nitrogens with one attached hydrogen (secondary N) is 1. The molecule has 0 saturated carbocycles. The summed E-state index contributed by atoms with van der Waals surface area (Å²) in [6.45, 7) is 5.43. The topological polar surface area (TPSA) is 24.9 Å². The van der Waals surface area contributed by atoms with Crippen LogP contribution in [0.3, 0.4) is 0 Å². The second-order valence-corrected chi connectivity index (χ2v) is 4.48. The van der Waals surface area contributed by atoms with Crippen LogP contribution in [0.15, 0.2) is 36.5 Å². The van der Waals surface area contributed by atoms with Gasteiger partial charge in [0, 0.05) is 17.6 Å². The molecule has 1 aromatic heterocycles. The SMILES string of the molecule is CCNC(C)CCc1cccc2ncccc12. The summed E-state index contributed by atoms with van der Waals surface area (Å²) >= 11 is 0. The molecule has 0 fully saturated rings. The molecule has 0 spiro atoms. The van der Waals surface area contributed by atoms with Crippen molar-refractivity contribution in [2.45, 2.75) is 32.7 Å². The van der Waals surface area contributed by atoms with Gasteiger partial charge in [0.25, 0.3) is 0 Å². The Morgan fingerprint density at radius 2 is 2.12 bits per heavy atom. The van der Waals surface area contributed by atoms with Gasteiger partial charge in [-0.2, -0.15) is 0 Å². The predicted molar refractivity (Wildman–Crippen MR) is 73.2 cm³/mol. The molecule has 2 rings (SSSR count). The first-order valence-electron chi connectivity index (χ1n) is 6.37. The summed E-state index contributed by atoms with van der Waals surface area (Å²) in [5.41, 5.74) is 2.50. The van der Waals surface area contributed by atoms with E-state index in [1.807, 2.05) is 12.3 Å². The molecule has 0 radical (unpaired) electrons. The maximum absolute atomic E-state index is 4.39. The monoisotopic (exact) mass is 228 g/mol. The zero-order valence-corrected chi connectivity index (χ0v) is 10.6. The molecule has 2 aromatic rings. The van der Waals surface area contributed by atoms with E-state index in [0.717, 1.165) is 18.5 Å². The van der Waals surface area contributed by atoms with Gasteiger partial charge in [0.2, 0.25) is 0 Å². The van der Waals surface area contributed by atoms with Crippen LogP contribution in [0.1, 0.15) is 25.8 Å². The van der Waals surface area contributed by atoms with Gasteiger partial charge < -0.3 is 5.32 Å². The van der Waals surface area contributed by atoms with Crippen molar-refractivity contribution in [2.24, 2.45) is 0 Å². The van der Waals surface area contributed by atoms with E-state index < -0.39 is 0 Å². The van der Waals surface area contributed by atoms with Gasteiger partial charge in [-0.15, -0.1) is 0 Å². The van der Waals surface area contributed by atoms with Crippen molar-refractivity contribution in [3.63, 3.8) is 0 Å². The average Bonchev–Trinajstić information content (AvgIpc) is 2.36.